The Bertz CT molecular complexity index is 1190. The molecule has 9 heteroatoms. The molecule has 1 saturated carbocycles. The highest BCUT2D eigenvalue weighted by Gasteiger charge is 2.41. The van der Waals surface area contributed by atoms with Crippen LogP contribution in [0.2, 0.25) is 0 Å². The van der Waals surface area contributed by atoms with Gasteiger partial charge in [0.05, 0.1) is 42.8 Å². The highest BCUT2D eigenvalue weighted by atomic mass is 19.1. The van der Waals surface area contributed by atoms with Crippen LogP contribution >= 0.6 is 0 Å². The fraction of sp³-hybridized carbons (Fsp3) is 0.409. The highest BCUT2D eigenvalue weighted by Crippen LogP contribution is 2.43. The van der Waals surface area contributed by atoms with Crippen LogP contribution in [0, 0.1) is 11.7 Å². The molecular formula is C22H23FN6O2. The standard InChI is InChI=1S/C22H23FN6O2/c1-12-10-31-22-15(5-16(23)6-24-22)8-28-18(14-3-4-14)11-30-19-9-29-20(27-21(19)28)17(7-25-29)13(2)26-12/h5-7,9,12,14,18,26H,2-4,8,10-11H2,1H3/t12-,18+/m1/s1. The smallest absolute Gasteiger partial charge is 0.218 e. The summed E-state index contributed by atoms with van der Waals surface area (Å²) in [4.78, 5) is 11.4. The van der Waals surface area contributed by atoms with Crippen LogP contribution in [0.15, 0.2) is 31.2 Å². The Balaban J connectivity index is 1.54. The third-order valence-corrected chi connectivity index (χ3v) is 6.14. The predicted molar refractivity (Wildman–Crippen MR) is 112 cm³/mol. The lowest BCUT2D eigenvalue weighted by Gasteiger charge is -2.38. The van der Waals surface area contributed by atoms with Crippen LogP contribution in [0.5, 0.6) is 11.6 Å². The number of fused-ring (bicyclic) bond motifs is 1. The van der Waals surface area contributed by atoms with Gasteiger partial charge in [-0.1, -0.05) is 6.58 Å². The van der Waals surface area contributed by atoms with Crippen molar-refractivity contribution in [2.24, 2.45) is 5.92 Å². The Morgan fingerprint density at radius 2 is 2.10 bits per heavy atom. The Labute approximate surface area is 178 Å². The van der Waals surface area contributed by atoms with Crippen molar-refractivity contribution in [3.63, 3.8) is 0 Å². The molecule has 2 bridgehead atoms. The van der Waals surface area contributed by atoms with Crippen LogP contribution in [0.1, 0.15) is 30.9 Å². The molecule has 1 N–H and O–H groups in total. The Morgan fingerprint density at radius 3 is 2.94 bits per heavy atom. The van der Waals surface area contributed by atoms with E-state index in [-0.39, 0.29) is 17.9 Å². The number of aromatic nitrogens is 4. The zero-order valence-electron chi connectivity index (χ0n) is 17.2. The number of hydrogen-bond acceptors (Lipinski definition) is 7. The van der Waals surface area contributed by atoms with Crippen molar-refractivity contribution in [2.75, 3.05) is 18.1 Å². The van der Waals surface area contributed by atoms with Gasteiger partial charge >= 0.3 is 0 Å². The van der Waals surface area contributed by atoms with Gasteiger partial charge in [0, 0.05) is 11.3 Å². The number of halogens is 1. The van der Waals surface area contributed by atoms with Crippen LogP contribution < -0.4 is 19.7 Å². The fourth-order valence-corrected chi connectivity index (χ4v) is 4.41. The summed E-state index contributed by atoms with van der Waals surface area (Å²) in [6.07, 6.45) is 7.12. The monoisotopic (exact) mass is 422 g/mol. The van der Waals surface area contributed by atoms with Gasteiger partial charge in [-0.2, -0.15) is 5.10 Å². The molecule has 3 aromatic rings. The Morgan fingerprint density at radius 1 is 1.23 bits per heavy atom. The zero-order chi connectivity index (χ0) is 21.1. The second-order valence-electron chi connectivity index (χ2n) is 8.55. The van der Waals surface area contributed by atoms with E-state index in [1.54, 1.807) is 10.7 Å². The van der Waals surface area contributed by atoms with Crippen molar-refractivity contribution in [2.45, 2.75) is 38.4 Å². The number of rotatable bonds is 1. The SMILES string of the molecule is C=C1N[C@H](C)COc2ncc(F)cc2CN2c3nc4c1cnn4cc3OC[C@H]2C1CC1. The lowest BCUT2D eigenvalue weighted by molar-refractivity contribution is 0.241. The Kier molecular flexibility index (Phi) is 4.06. The molecule has 0 radical (unpaired) electrons. The number of nitrogens with one attached hydrogen (secondary N) is 1. The van der Waals surface area contributed by atoms with E-state index in [0.29, 0.717) is 54.2 Å². The maximum Gasteiger partial charge on any atom is 0.218 e. The number of pyridine rings is 1. The summed E-state index contributed by atoms with van der Waals surface area (Å²) in [5, 5.41) is 7.79. The molecule has 160 valence electrons. The van der Waals surface area contributed by atoms with E-state index >= 15 is 0 Å². The molecule has 1 fully saturated rings. The van der Waals surface area contributed by atoms with Gasteiger partial charge in [0.2, 0.25) is 5.88 Å². The molecule has 0 spiro atoms. The van der Waals surface area contributed by atoms with E-state index in [1.807, 2.05) is 13.1 Å². The first-order valence-corrected chi connectivity index (χ1v) is 10.6. The molecule has 1 aliphatic carbocycles. The van der Waals surface area contributed by atoms with E-state index in [4.69, 9.17) is 14.5 Å². The van der Waals surface area contributed by atoms with Crippen molar-refractivity contribution < 1.29 is 13.9 Å². The predicted octanol–water partition coefficient (Wildman–Crippen LogP) is 2.78. The largest absolute Gasteiger partial charge is 0.486 e. The minimum Gasteiger partial charge on any atom is -0.486 e. The maximum absolute atomic E-state index is 14.1. The number of hydrogen-bond donors (Lipinski definition) is 1. The van der Waals surface area contributed by atoms with Crippen LogP contribution in [-0.2, 0) is 6.54 Å². The molecular weight excluding hydrogens is 399 g/mol. The molecule has 3 aliphatic rings. The number of nitrogens with zero attached hydrogens (tertiary/aromatic N) is 5. The topological polar surface area (TPSA) is 76.8 Å². The van der Waals surface area contributed by atoms with Gasteiger partial charge in [0.15, 0.2) is 17.2 Å². The number of ether oxygens (including phenoxy) is 2. The minimum absolute atomic E-state index is 0.0454. The van der Waals surface area contributed by atoms with E-state index in [2.05, 4.69) is 26.9 Å². The summed E-state index contributed by atoms with van der Waals surface area (Å²) in [6.45, 7) is 7.53. The summed E-state index contributed by atoms with van der Waals surface area (Å²) in [6, 6.07) is 1.62. The average Bonchev–Trinajstić information content (AvgIpc) is 3.50. The van der Waals surface area contributed by atoms with Crippen molar-refractivity contribution in [3.05, 3.63) is 48.2 Å². The molecule has 31 heavy (non-hydrogen) atoms. The lowest BCUT2D eigenvalue weighted by Crippen LogP contribution is -2.45. The molecule has 6 rings (SSSR count). The normalized spacial score (nSPS) is 23.2. The highest BCUT2D eigenvalue weighted by molar-refractivity contribution is 5.75. The summed E-state index contributed by atoms with van der Waals surface area (Å²) < 4.78 is 28.0. The average molecular weight is 422 g/mol. The van der Waals surface area contributed by atoms with E-state index in [0.717, 1.165) is 24.2 Å². The van der Waals surface area contributed by atoms with Crippen molar-refractivity contribution in [1.29, 1.82) is 0 Å². The molecule has 0 aromatic carbocycles. The summed E-state index contributed by atoms with van der Waals surface area (Å²) in [7, 11) is 0. The van der Waals surface area contributed by atoms with Gasteiger partial charge in [-0.25, -0.2) is 18.9 Å². The summed E-state index contributed by atoms with van der Waals surface area (Å²) in [5.41, 5.74) is 2.93. The van der Waals surface area contributed by atoms with Crippen molar-refractivity contribution in [1.82, 2.24) is 24.9 Å². The van der Waals surface area contributed by atoms with Gasteiger partial charge in [-0.3, -0.25) is 0 Å². The number of anilines is 1. The van der Waals surface area contributed by atoms with Gasteiger partial charge in [-0.05, 0) is 31.7 Å². The minimum atomic E-state index is -0.385. The molecule has 3 aromatic heterocycles. The van der Waals surface area contributed by atoms with Crippen molar-refractivity contribution >= 4 is 17.2 Å². The summed E-state index contributed by atoms with van der Waals surface area (Å²) >= 11 is 0. The maximum atomic E-state index is 14.1. The molecule has 0 unspecified atom stereocenters. The lowest BCUT2D eigenvalue weighted by atomic mass is 10.1. The first kappa shape index (κ1) is 18.4. The molecule has 0 amide bonds. The molecule has 8 nitrogen and oxygen atoms in total. The third-order valence-electron chi connectivity index (χ3n) is 6.14. The molecule has 0 saturated heterocycles. The quantitative estimate of drug-likeness (QED) is 0.646. The van der Waals surface area contributed by atoms with Crippen LogP contribution in [0.3, 0.4) is 0 Å². The summed E-state index contributed by atoms with van der Waals surface area (Å²) in [5.74, 6) is 1.98. The second-order valence-corrected chi connectivity index (χ2v) is 8.55. The molecule has 5 heterocycles. The first-order chi connectivity index (χ1) is 15.1. The first-order valence-electron chi connectivity index (χ1n) is 10.6. The zero-order valence-corrected chi connectivity index (χ0v) is 17.2. The van der Waals surface area contributed by atoms with Crippen molar-refractivity contribution in [3.8, 4) is 11.6 Å². The van der Waals surface area contributed by atoms with E-state index in [9.17, 15) is 4.39 Å². The van der Waals surface area contributed by atoms with E-state index in [1.165, 1.54) is 12.3 Å². The van der Waals surface area contributed by atoms with Gasteiger partial charge < -0.3 is 19.7 Å². The third kappa shape index (κ3) is 3.15. The molecule has 2 atom stereocenters. The Hall–Kier alpha value is -3.36. The van der Waals surface area contributed by atoms with E-state index < -0.39 is 0 Å². The van der Waals surface area contributed by atoms with Gasteiger partial charge in [-0.15, -0.1) is 0 Å². The van der Waals surface area contributed by atoms with Crippen LogP contribution in [0.25, 0.3) is 11.3 Å². The van der Waals surface area contributed by atoms with Gasteiger partial charge in [0.25, 0.3) is 0 Å². The van der Waals surface area contributed by atoms with Crippen LogP contribution in [0.4, 0.5) is 10.2 Å². The van der Waals surface area contributed by atoms with Gasteiger partial charge in [0.1, 0.15) is 19.0 Å². The van der Waals surface area contributed by atoms with Crippen LogP contribution in [-0.4, -0.2) is 44.9 Å². The fourth-order valence-electron chi connectivity index (χ4n) is 4.41. The molecule has 2 aliphatic heterocycles. The second kappa shape index (κ2) is 6.83.